The van der Waals surface area contributed by atoms with Gasteiger partial charge in [0.25, 0.3) is 0 Å². The first-order valence-corrected chi connectivity index (χ1v) is 8.88. The Kier molecular flexibility index (Phi) is 6.79. The fraction of sp³-hybridized carbons (Fsp3) is 0.579. The minimum Gasteiger partial charge on any atom is -0.340 e. The second kappa shape index (κ2) is 8.83. The quantitative estimate of drug-likeness (QED) is 0.693. The Morgan fingerprint density at radius 3 is 2.67 bits per heavy atom. The van der Waals surface area contributed by atoms with Crippen LogP contribution in [0.4, 0.5) is 0 Å². The number of allylic oxidation sites excluding steroid dienone is 2. The number of carbonyl (C=O) groups is 2. The molecular weight excluding hydrogens is 302 g/mol. The number of nitrogens with one attached hydrogen (secondary N) is 1. The van der Waals surface area contributed by atoms with Crippen molar-refractivity contribution in [3.05, 3.63) is 36.2 Å². The third-order valence-corrected chi connectivity index (χ3v) is 4.30. The number of carbonyl (C=O) groups excluding carboxylic acids is 2. The highest BCUT2D eigenvalue weighted by molar-refractivity contribution is 5.93. The predicted octanol–water partition coefficient (Wildman–Crippen LogP) is 2.23. The van der Waals surface area contributed by atoms with E-state index in [4.69, 9.17) is 0 Å². The van der Waals surface area contributed by atoms with Gasteiger partial charge in [-0.15, -0.1) is 0 Å². The lowest BCUT2D eigenvalue weighted by Crippen LogP contribution is -2.46. The third-order valence-electron chi connectivity index (χ3n) is 4.30. The van der Waals surface area contributed by atoms with Crippen LogP contribution < -0.4 is 5.32 Å². The van der Waals surface area contributed by atoms with Crippen molar-refractivity contribution in [3.63, 3.8) is 0 Å². The molecule has 5 heteroatoms. The van der Waals surface area contributed by atoms with Gasteiger partial charge in [-0.25, -0.2) is 0 Å². The van der Waals surface area contributed by atoms with Gasteiger partial charge in [-0.05, 0) is 19.3 Å². The number of hydrogen-bond donors (Lipinski definition) is 1. The van der Waals surface area contributed by atoms with E-state index in [2.05, 4.69) is 18.8 Å². The van der Waals surface area contributed by atoms with Gasteiger partial charge in [0.05, 0.1) is 12.2 Å². The van der Waals surface area contributed by atoms with Crippen LogP contribution >= 0.6 is 0 Å². The molecule has 0 aromatic rings. The summed E-state index contributed by atoms with van der Waals surface area (Å²) in [7, 11) is 0. The Morgan fingerprint density at radius 2 is 2.08 bits per heavy atom. The van der Waals surface area contributed by atoms with Gasteiger partial charge in [0.1, 0.15) is 0 Å². The summed E-state index contributed by atoms with van der Waals surface area (Å²) in [5.74, 6) is 0.0609. The van der Waals surface area contributed by atoms with Gasteiger partial charge in [-0.2, -0.15) is 0 Å². The van der Waals surface area contributed by atoms with Crippen LogP contribution in [0.25, 0.3) is 0 Å². The summed E-state index contributed by atoms with van der Waals surface area (Å²) in [6, 6.07) is 0.646. The van der Waals surface area contributed by atoms with Gasteiger partial charge >= 0.3 is 0 Å². The fourth-order valence-electron chi connectivity index (χ4n) is 2.75. The molecule has 0 aromatic heterocycles. The van der Waals surface area contributed by atoms with E-state index >= 15 is 0 Å². The van der Waals surface area contributed by atoms with Crippen molar-refractivity contribution in [3.8, 4) is 0 Å². The molecule has 0 aromatic carbocycles. The second-order valence-electron chi connectivity index (χ2n) is 6.50. The molecule has 2 aliphatic rings. The van der Waals surface area contributed by atoms with Crippen LogP contribution in [0.2, 0.25) is 0 Å². The zero-order valence-electron chi connectivity index (χ0n) is 14.9. The van der Waals surface area contributed by atoms with Crippen molar-refractivity contribution in [1.29, 1.82) is 0 Å². The first-order chi connectivity index (χ1) is 11.5. The minimum atomic E-state index is 0.00955. The molecule has 1 heterocycles. The molecule has 132 valence electrons. The van der Waals surface area contributed by atoms with Gasteiger partial charge in [0.15, 0.2) is 5.78 Å². The molecule has 0 atom stereocenters. The molecule has 1 N–H and O–H groups in total. The summed E-state index contributed by atoms with van der Waals surface area (Å²) in [6.07, 6.45) is 9.87. The van der Waals surface area contributed by atoms with Gasteiger partial charge in [-0.1, -0.05) is 32.1 Å². The Hall–Kier alpha value is -1.88. The van der Waals surface area contributed by atoms with E-state index in [0.29, 0.717) is 31.4 Å². The highest BCUT2D eigenvalue weighted by Crippen LogP contribution is 2.20. The topological polar surface area (TPSA) is 52.7 Å². The van der Waals surface area contributed by atoms with E-state index < -0.39 is 0 Å². The zero-order chi connectivity index (χ0) is 17.5. The Labute approximate surface area is 145 Å². The van der Waals surface area contributed by atoms with Crippen molar-refractivity contribution >= 4 is 11.7 Å². The summed E-state index contributed by atoms with van der Waals surface area (Å²) in [5.41, 5.74) is 1.51. The average Bonchev–Trinajstić information content (AvgIpc) is 3.37. The minimum absolute atomic E-state index is 0.00955. The van der Waals surface area contributed by atoms with Crippen LogP contribution in [0.3, 0.4) is 0 Å². The second-order valence-corrected chi connectivity index (χ2v) is 6.50. The molecular formula is C19H29N3O2. The molecule has 0 bridgehead atoms. The summed E-state index contributed by atoms with van der Waals surface area (Å²) in [4.78, 5) is 27.9. The number of amides is 1. The first kappa shape index (κ1) is 18.5. The number of rotatable bonds is 8. The van der Waals surface area contributed by atoms with Crippen LogP contribution in [-0.2, 0) is 9.59 Å². The SMILES string of the molecule is C=C1CN(C(=O)/C=C/CNC2CC2)CCN1/C(=C\CCC)C(C)=O. The van der Waals surface area contributed by atoms with E-state index in [1.165, 1.54) is 12.8 Å². The number of unbranched alkanes of at least 4 members (excludes halogenated alkanes) is 1. The molecule has 2 rings (SSSR count). The lowest BCUT2D eigenvalue weighted by Gasteiger charge is -2.38. The summed E-state index contributed by atoms with van der Waals surface area (Å²) < 4.78 is 0. The van der Waals surface area contributed by atoms with Crippen LogP contribution in [-0.4, -0.2) is 53.7 Å². The molecule has 5 nitrogen and oxygen atoms in total. The smallest absolute Gasteiger partial charge is 0.246 e. The monoisotopic (exact) mass is 331 g/mol. The Bertz CT molecular complexity index is 547. The van der Waals surface area contributed by atoms with Gasteiger partial charge in [0, 0.05) is 44.4 Å². The molecule has 2 fully saturated rings. The molecule has 1 aliphatic heterocycles. The molecule has 0 radical (unpaired) electrons. The number of nitrogens with zero attached hydrogens (tertiary/aromatic N) is 2. The number of piperazine rings is 1. The maximum Gasteiger partial charge on any atom is 0.246 e. The van der Waals surface area contributed by atoms with Crippen molar-refractivity contribution in [2.75, 3.05) is 26.2 Å². The highest BCUT2D eigenvalue weighted by Gasteiger charge is 2.25. The average molecular weight is 331 g/mol. The number of hydrogen-bond acceptors (Lipinski definition) is 4. The van der Waals surface area contributed by atoms with E-state index in [9.17, 15) is 9.59 Å². The van der Waals surface area contributed by atoms with Crippen molar-refractivity contribution in [1.82, 2.24) is 15.1 Å². The fourth-order valence-corrected chi connectivity index (χ4v) is 2.75. The Balaban J connectivity index is 1.87. The first-order valence-electron chi connectivity index (χ1n) is 8.88. The summed E-state index contributed by atoms with van der Waals surface area (Å²) >= 11 is 0. The Morgan fingerprint density at radius 1 is 1.33 bits per heavy atom. The van der Waals surface area contributed by atoms with Crippen molar-refractivity contribution < 1.29 is 9.59 Å². The lowest BCUT2D eigenvalue weighted by molar-refractivity contribution is -0.126. The van der Waals surface area contributed by atoms with Crippen molar-refractivity contribution in [2.24, 2.45) is 0 Å². The number of Topliss-reactive ketones (excluding diaryl/α,β-unsaturated/α-hetero) is 1. The van der Waals surface area contributed by atoms with E-state index in [-0.39, 0.29) is 11.7 Å². The standard InChI is InChI=1S/C19H29N3O2/c1-4-5-7-18(16(3)23)22-13-12-21(14-15(22)2)19(24)8-6-11-20-17-9-10-17/h6-8,17,20H,2,4-5,9-14H2,1,3H3/b8-6+,18-7-. The molecule has 1 aliphatic carbocycles. The summed E-state index contributed by atoms with van der Waals surface area (Å²) in [5, 5.41) is 3.35. The van der Waals surface area contributed by atoms with E-state index in [1.807, 2.05) is 17.1 Å². The molecule has 24 heavy (non-hydrogen) atoms. The maximum absolute atomic E-state index is 12.3. The van der Waals surface area contributed by atoms with E-state index in [1.54, 1.807) is 17.9 Å². The lowest BCUT2D eigenvalue weighted by atomic mass is 10.1. The van der Waals surface area contributed by atoms with Crippen LogP contribution in [0.1, 0.15) is 39.5 Å². The zero-order valence-corrected chi connectivity index (χ0v) is 14.9. The third kappa shape index (κ3) is 5.34. The normalized spacial score (nSPS) is 19.2. The maximum atomic E-state index is 12.3. The molecule has 1 amide bonds. The molecule has 0 spiro atoms. The van der Waals surface area contributed by atoms with Crippen LogP contribution in [0, 0.1) is 0 Å². The van der Waals surface area contributed by atoms with Gasteiger partial charge in [-0.3, -0.25) is 9.59 Å². The number of ketones is 1. The highest BCUT2D eigenvalue weighted by atomic mass is 16.2. The molecule has 1 saturated heterocycles. The van der Waals surface area contributed by atoms with Crippen molar-refractivity contribution in [2.45, 2.75) is 45.6 Å². The van der Waals surface area contributed by atoms with Crippen LogP contribution in [0.5, 0.6) is 0 Å². The molecule has 1 saturated carbocycles. The summed E-state index contributed by atoms with van der Waals surface area (Å²) in [6.45, 7) is 10.2. The predicted molar refractivity (Wildman–Crippen MR) is 96.3 cm³/mol. The van der Waals surface area contributed by atoms with Crippen LogP contribution in [0.15, 0.2) is 36.2 Å². The van der Waals surface area contributed by atoms with Gasteiger partial charge in [0.2, 0.25) is 5.91 Å². The van der Waals surface area contributed by atoms with Gasteiger partial charge < -0.3 is 15.1 Å². The van der Waals surface area contributed by atoms with E-state index in [0.717, 1.165) is 25.1 Å². The largest absolute Gasteiger partial charge is 0.340 e. The molecule has 0 unspecified atom stereocenters.